The predicted molar refractivity (Wildman–Crippen MR) is 74.5 cm³/mol. The molecule has 0 aromatic carbocycles. The van der Waals surface area contributed by atoms with Crippen LogP contribution in [-0.2, 0) is 6.42 Å². The summed E-state index contributed by atoms with van der Waals surface area (Å²) in [5, 5.41) is 0. The van der Waals surface area contributed by atoms with Crippen molar-refractivity contribution in [1.29, 1.82) is 0 Å². The second-order valence-corrected chi connectivity index (χ2v) is 5.09. The Bertz CT molecular complexity index is 515. The maximum absolute atomic E-state index is 6.13. The van der Waals surface area contributed by atoms with E-state index in [0.717, 1.165) is 36.3 Å². The first-order valence-electron chi connectivity index (χ1n) is 6.70. The minimum absolute atomic E-state index is 0.185. The van der Waals surface area contributed by atoms with Gasteiger partial charge in [-0.15, -0.1) is 0 Å². The number of nitrogens with zero attached hydrogens (tertiary/aromatic N) is 3. The van der Waals surface area contributed by atoms with Crippen LogP contribution in [0.4, 0.5) is 0 Å². The van der Waals surface area contributed by atoms with Crippen molar-refractivity contribution in [2.24, 2.45) is 5.73 Å². The number of pyridine rings is 1. The molecule has 4 heteroatoms. The molecule has 0 radical (unpaired) electrons. The van der Waals surface area contributed by atoms with Gasteiger partial charge in [0.1, 0.15) is 11.3 Å². The molecule has 0 amide bonds. The molecule has 2 aromatic rings. The second-order valence-electron chi connectivity index (χ2n) is 5.09. The third-order valence-corrected chi connectivity index (χ3v) is 3.14. The van der Waals surface area contributed by atoms with Crippen molar-refractivity contribution in [1.82, 2.24) is 14.5 Å². The van der Waals surface area contributed by atoms with E-state index in [0.29, 0.717) is 6.04 Å². The fourth-order valence-electron chi connectivity index (χ4n) is 2.37. The van der Waals surface area contributed by atoms with E-state index in [4.69, 9.17) is 5.73 Å². The second kappa shape index (κ2) is 5.48. The van der Waals surface area contributed by atoms with E-state index in [1.54, 1.807) is 0 Å². The molecule has 0 aliphatic heterocycles. The van der Waals surface area contributed by atoms with Crippen molar-refractivity contribution in [3.05, 3.63) is 24.2 Å². The number of nitrogens with two attached hydrogens (primary N) is 1. The van der Waals surface area contributed by atoms with Gasteiger partial charge in [0.05, 0.1) is 0 Å². The average molecular weight is 246 g/mol. The molecule has 0 saturated carbocycles. The lowest BCUT2D eigenvalue weighted by Crippen LogP contribution is -2.24. The summed E-state index contributed by atoms with van der Waals surface area (Å²) in [5.74, 6) is 1.06. The Kier molecular flexibility index (Phi) is 3.97. The fourth-order valence-corrected chi connectivity index (χ4v) is 2.37. The van der Waals surface area contributed by atoms with Crippen LogP contribution in [0.25, 0.3) is 11.2 Å². The highest BCUT2D eigenvalue weighted by Gasteiger charge is 2.16. The van der Waals surface area contributed by atoms with E-state index in [2.05, 4.69) is 35.3 Å². The van der Waals surface area contributed by atoms with E-state index in [1.165, 1.54) is 0 Å². The first-order chi connectivity index (χ1) is 8.63. The highest BCUT2D eigenvalue weighted by atomic mass is 15.1. The molecule has 0 saturated heterocycles. The van der Waals surface area contributed by atoms with Crippen LogP contribution < -0.4 is 5.73 Å². The SMILES string of the molecule is CCCC(N)Cc1nc2cccnc2n1C(C)C. The van der Waals surface area contributed by atoms with Gasteiger partial charge < -0.3 is 10.3 Å². The van der Waals surface area contributed by atoms with Gasteiger partial charge in [-0.3, -0.25) is 0 Å². The number of imidazole rings is 1. The molecule has 0 fully saturated rings. The molecule has 18 heavy (non-hydrogen) atoms. The lowest BCUT2D eigenvalue weighted by atomic mass is 10.1. The summed E-state index contributed by atoms with van der Waals surface area (Å²) in [6.07, 6.45) is 4.79. The van der Waals surface area contributed by atoms with E-state index >= 15 is 0 Å². The van der Waals surface area contributed by atoms with Gasteiger partial charge in [-0.2, -0.15) is 0 Å². The van der Waals surface area contributed by atoms with Crippen LogP contribution in [-0.4, -0.2) is 20.6 Å². The maximum Gasteiger partial charge on any atom is 0.160 e. The zero-order valence-electron chi connectivity index (χ0n) is 11.4. The summed E-state index contributed by atoms with van der Waals surface area (Å²) in [6.45, 7) is 6.47. The van der Waals surface area contributed by atoms with E-state index in [1.807, 2.05) is 18.3 Å². The van der Waals surface area contributed by atoms with E-state index < -0.39 is 0 Å². The zero-order valence-corrected chi connectivity index (χ0v) is 11.4. The van der Waals surface area contributed by atoms with Crippen molar-refractivity contribution in [2.75, 3.05) is 0 Å². The topological polar surface area (TPSA) is 56.7 Å². The Morgan fingerprint density at radius 2 is 2.17 bits per heavy atom. The predicted octanol–water partition coefficient (Wildman–Crippen LogP) is 2.68. The summed E-state index contributed by atoms with van der Waals surface area (Å²) >= 11 is 0. The van der Waals surface area contributed by atoms with Crippen LogP contribution in [0, 0.1) is 0 Å². The minimum Gasteiger partial charge on any atom is -0.327 e. The largest absolute Gasteiger partial charge is 0.327 e. The van der Waals surface area contributed by atoms with Crippen LogP contribution in [0.5, 0.6) is 0 Å². The molecule has 0 spiro atoms. The normalized spacial score (nSPS) is 13.4. The minimum atomic E-state index is 0.185. The molecule has 0 aliphatic rings. The molecule has 1 atom stereocenters. The molecular weight excluding hydrogens is 224 g/mol. The standard InChI is InChI=1S/C14H22N4/c1-4-6-11(15)9-13-17-12-7-5-8-16-14(12)18(13)10(2)3/h5,7-8,10-11H,4,6,9,15H2,1-3H3. The number of fused-ring (bicyclic) bond motifs is 1. The maximum atomic E-state index is 6.13. The zero-order chi connectivity index (χ0) is 13.1. The van der Waals surface area contributed by atoms with Crippen molar-refractivity contribution < 1.29 is 0 Å². The molecule has 2 heterocycles. The summed E-state index contributed by atoms with van der Waals surface area (Å²) in [7, 11) is 0. The Morgan fingerprint density at radius 1 is 1.39 bits per heavy atom. The van der Waals surface area contributed by atoms with Crippen molar-refractivity contribution in [3.8, 4) is 0 Å². The molecule has 0 aliphatic carbocycles. The molecule has 2 aromatic heterocycles. The Balaban J connectivity index is 2.39. The molecule has 2 rings (SSSR count). The first-order valence-corrected chi connectivity index (χ1v) is 6.70. The van der Waals surface area contributed by atoms with Gasteiger partial charge in [-0.25, -0.2) is 9.97 Å². The van der Waals surface area contributed by atoms with Crippen LogP contribution in [0.15, 0.2) is 18.3 Å². The quantitative estimate of drug-likeness (QED) is 0.882. The third-order valence-electron chi connectivity index (χ3n) is 3.14. The van der Waals surface area contributed by atoms with Gasteiger partial charge in [0.15, 0.2) is 5.65 Å². The highest BCUT2D eigenvalue weighted by molar-refractivity contribution is 5.71. The smallest absolute Gasteiger partial charge is 0.160 e. The Hall–Kier alpha value is -1.42. The van der Waals surface area contributed by atoms with Gasteiger partial charge in [0, 0.05) is 24.7 Å². The average Bonchev–Trinajstić information content (AvgIpc) is 2.66. The molecule has 2 N–H and O–H groups in total. The van der Waals surface area contributed by atoms with Gasteiger partial charge >= 0.3 is 0 Å². The summed E-state index contributed by atoms with van der Waals surface area (Å²) in [4.78, 5) is 9.11. The summed E-state index contributed by atoms with van der Waals surface area (Å²) < 4.78 is 2.20. The Morgan fingerprint density at radius 3 is 2.83 bits per heavy atom. The van der Waals surface area contributed by atoms with Gasteiger partial charge in [-0.05, 0) is 32.4 Å². The van der Waals surface area contributed by atoms with Crippen LogP contribution in [0.3, 0.4) is 0 Å². The summed E-state index contributed by atoms with van der Waals surface area (Å²) in [6, 6.07) is 4.48. The van der Waals surface area contributed by atoms with E-state index in [-0.39, 0.29) is 6.04 Å². The van der Waals surface area contributed by atoms with Crippen molar-refractivity contribution in [2.45, 2.75) is 52.1 Å². The van der Waals surface area contributed by atoms with E-state index in [9.17, 15) is 0 Å². The van der Waals surface area contributed by atoms with Crippen molar-refractivity contribution >= 4 is 11.2 Å². The fraction of sp³-hybridized carbons (Fsp3) is 0.571. The number of aromatic nitrogens is 3. The Labute approximate surface area is 108 Å². The van der Waals surface area contributed by atoms with Crippen LogP contribution >= 0.6 is 0 Å². The molecule has 98 valence electrons. The number of hydrogen-bond donors (Lipinski definition) is 1. The molecular formula is C14H22N4. The number of rotatable bonds is 5. The summed E-state index contributed by atoms with van der Waals surface area (Å²) in [5.41, 5.74) is 8.06. The van der Waals surface area contributed by atoms with Crippen molar-refractivity contribution in [3.63, 3.8) is 0 Å². The molecule has 0 bridgehead atoms. The van der Waals surface area contributed by atoms with Gasteiger partial charge in [0.25, 0.3) is 0 Å². The highest BCUT2D eigenvalue weighted by Crippen LogP contribution is 2.20. The van der Waals surface area contributed by atoms with Gasteiger partial charge in [0.2, 0.25) is 0 Å². The lowest BCUT2D eigenvalue weighted by molar-refractivity contribution is 0.531. The molecule has 4 nitrogen and oxygen atoms in total. The first kappa shape index (κ1) is 13.0. The third kappa shape index (κ3) is 2.53. The van der Waals surface area contributed by atoms with Gasteiger partial charge in [-0.1, -0.05) is 13.3 Å². The monoisotopic (exact) mass is 246 g/mol. The lowest BCUT2D eigenvalue weighted by Gasteiger charge is -2.15. The van der Waals surface area contributed by atoms with Crippen LogP contribution in [0.2, 0.25) is 0 Å². The van der Waals surface area contributed by atoms with Crippen LogP contribution in [0.1, 0.15) is 45.5 Å². The molecule has 1 unspecified atom stereocenters. The number of hydrogen-bond acceptors (Lipinski definition) is 3.